The Bertz CT molecular complexity index is 446. The van der Waals surface area contributed by atoms with Crippen LogP contribution >= 0.6 is 0 Å². The van der Waals surface area contributed by atoms with Crippen LogP contribution < -0.4 is 4.72 Å². The van der Waals surface area contributed by atoms with Crippen molar-refractivity contribution in [3.05, 3.63) is 11.5 Å². The van der Waals surface area contributed by atoms with Crippen LogP contribution in [0.25, 0.3) is 0 Å². The lowest BCUT2D eigenvalue weighted by Crippen LogP contribution is -2.28. The van der Waals surface area contributed by atoms with Crippen LogP contribution in [-0.2, 0) is 10.0 Å². The summed E-state index contributed by atoms with van der Waals surface area (Å²) in [6.45, 7) is 4.45. The van der Waals surface area contributed by atoms with Gasteiger partial charge in [-0.1, -0.05) is 5.16 Å². The van der Waals surface area contributed by atoms with Crippen LogP contribution in [0.4, 0.5) is 0 Å². The zero-order chi connectivity index (χ0) is 13.1. The number of aromatic nitrogens is 1. The fourth-order valence-corrected chi connectivity index (χ4v) is 2.93. The average Bonchev–Trinajstić information content (AvgIpc) is 2.53. The number of nitrogens with one attached hydrogen (secondary N) is 1. The molecule has 17 heavy (non-hydrogen) atoms. The van der Waals surface area contributed by atoms with Crippen molar-refractivity contribution < 1.29 is 12.9 Å². The second-order valence-electron chi connectivity index (χ2n) is 4.21. The van der Waals surface area contributed by atoms with Crippen LogP contribution in [-0.4, -0.2) is 45.7 Å². The highest BCUT2D eigenvalue weighted by Gasteiger charge is 2.23. The molecule has 0 saturated heterocycles. The zero-order valence-electron chi connectivity index (χ0n) is 10.6. The molecule has 0 fully saturated rings. The van der Waals surface area contributed by atoms with Gasteiger partial charge >= 0.3 is 0 Å². The van der Waals surface area contributed by atoms with Crippen molar-refractivity contribution >= 4 is 10.0 Å². The molecule has 1 heterocycles. The van der Waals surface area contributed by atoms with Crippen molar-refractivity contribution in [1.82, 2.24) is 14.8 Å². The van der Waals surface area contributed by atoms with Gasteiger partial charge in [0.2, 0.25) is 10.0 Å². The standard InChI is InChI=1S/C10H19N3O3S/c1-8-10(9(2)16-12-8)17(14,15)11-6-5-7-13(3)4/h11H,5-7H2,1-4H3. The summed E-state index contributed by atoms with van der Waals surface area (Å²) < 4.78 is 31.3. The number of nitrogens with zero attached hydrogens (tertiary/aromatic N) is 2. The summed E-state index contributed by atoms with van der Waals surface area (Å²) in [4.78, 5) is 2.16. The molecule has 7 heteroatoms. The van der Waals surface area contributed by atoms with Gasteiger partial charge in [0.25, 0.3) is 0 Å². The van der Waals surface area contributed by atoms with Crippen LogP contribution in [0, 0.1) is 13.8 Å². The minimum Gasteiger partial charge on any atom is -0.360 e. The molecule has 1 rings (SSSR count). The van der Waals surface area contributed by atoms with E-state index in [1.807, 2.05) is 19.0 Å². The van der Waals surface area contributed by atoms with E-state index in [0.29, 0.717) is 18.0 Å². The second kappa shape index (κ2) is 5.61. The first-order valence-corrected chi connectivity index (χ1v) is 6.90. The fourth-order valence-electron chi connectivity index (χ4n) is 1.53. The first-order chi connectivity index (χ1) is 7.84. The van der Waals surface area contributed by atoms with Crippen molar-refractivity contribution in [2.24, 2.45) is 0 Å². The number of rotatable bonds is 6. The van der Waals surface area contributed by atoms with Crippen molar-refractivity contribution in [2.45, 2.75) is 25.2 Å². The van der Waals surface area contributed by atoms with Crippen LogP contribution in [0.15, 0.2) is 9.42 Å². The maximum Gasteiger partial charge on any atom is 0.245 e. The molecule has 1 N–H and O–H groups in total. The SMILES string of the molecule is Cc1noc(C)c1S(=O)(=O)NCCCN(C)C. The summed E-state index contributed by atoms with van der Waals surface area (Å²) in [6, 6.07) is 0. The Hall–Kier alpha value is -0.920. The predicted molar refractivity (Wildman–Crippen MR) is 64.3 cm³/mol. The van der Waals surface area contributed by atoms with Gasteiger partial charge < -0.3 is 9.42 Å². The molecule has 6 nitrogen and oxygen atoms in total. The minimum atomic E-state index is -3.50. The van der Waals surface area contributed by atoms with Crippen molar-refractivity contribution in [2.75, 3.05) is 27.2 Å². The first kappa shape index (κ1) is 14.1. The lowest BCUT2D eigenvalue weighted by molar-refractivity contribution is 0.390. The highest BCUT2D eigenvalue weighted by molar-refractivity contribution is 7.89. The maximum atomic E-state index is 12.0. The van der Waals surface area contributed by atoms with E-state index in [-0.39, 0.29) is 4.90 Å². The normalized spacial score (nSPS) is 12.3. The molecular weight excluding hydrogens is 242 g/mol. The maximum absolute atomic E-state index is 12.0. The smallest absolute Gasteiger partial charge is 0.245 e. The van der Waals surface area contributed by atoms with Gasteiger partial charge in [0.05, 0.1) is 0 Å². The molecular formula is C10H19N3O3S. The molecule has 1 aromatic heterocycles. The Morgan fingerprint density at radius 2 is 2.00 bits per heavy atom. The van der Waals surface area contributed by atoms with Gasteiger partial charge in [-0.05, 0) is 40.9 Å². The number of aryl methyl sites for hydroxylation is 2. The summed E-state index contributed by atoms with van der Waals surface area (Å²) in [5.41, 5.74) is 0.391. The van der Waals surface area contributed by atoms with Gasteiger partial charge in [0, 0.05) is 6.54 Å². The summed E-state index contributed by atoms with van der Waals surface area (Å²) in [5.74, 6) is 0.322. The third kappa shape index (κ3) is 3.79. The summed E-state index contributed by atoms with van der Waals surface area (Å²) >= 11 is 0. The van der Waals surface area contributed by atoms with Crippen LogP contribution in [0.2, 0.25) is 0 Å². The number of hydrogen-bond donors (Lipinski definition) is 1. The molecule has 0 aliphatic heterocycles. The quantitative estimate of drug-likeness (QED) is 0.756. The van der Waals surface area contributed by atoms with Crippen molar-refractivity contribution in [3.8, 4) is 0 Å². The van der Waals surface area contributed by atoms with Gasteiger partial charge in [-0.15, -0.1) is 0 Å². The van der Waals surface area contributed by atoms with Gasteiger partial charge in [-0.2, -0.15) is 0 Å². The summed E-state index contributed by atoms with van der Waals surface area (Å²) in [5, 5.41) is 3.64. The van der Waals surface area contributed by atoms with Gasteiger partial charge in [-0.3, -0.25) is 0 Å². The first-order valence-electron chi connectivity index (χ1n) is 5.42. The molecule has 0 unspecified atom stereocenters. The topological polar surface area (TPSA) is 75.4 Å². The predicted octanol–water partition coefficient (Wildman–Crippen LogP) is 0.521. The zero-order valence-corrected chi connectivity index (χ0v) is 11.5. The average molecular weight is 261 g/mol. The Kier molecular flexibility index (Phi) is 4.67. The van der Waals surface area contributed by atoms with E-state index >= 15 is 0 Å². The van der Waals surface area contributed by atoms with Gasteiger partial charge in [0.1, 0.15) is 10.6 Å². The molecule has 0 spiro atoms. The van der Waals surface area contributed by atoms with E-state index in [2.05, 4.69) is 9.88 Å². The third-order valence-electron chi connectivity index (χ3n) is 2.31. The number of sulfonamides is 1. The molecule has 0 radical (unpaired) electrons. The molecule has 1 aromatic rings. The van der Waals surface area contributed by atoms with E-state index in [9.17, 15) is 8.42 Å². The molecule has 0 aromatic carbocycles. The lowest BCUT2D eigenvalue weighted by Gasteiger charge is -2.10. The Labute approximate surface area is 102 Å². The Morgan fingerprint density at radius 3 is 2.47 bits per heavy atom. The third-order valence-corrected chi connectivity index (χ3v) is 4.02. The Balaban J connectivity index is 2.64. The van der Waals surface area contributed by atoms with E-state index in [0.717, 1.165) is 13.0 Å². The summed E-state index contributed by atoms with van der Waals surface area (Å²) in [7, 11) is 0.393. The highest BCUT2D eigenvalue weighted by atomic mass is 32.2. The lowest BCUT2D eigenvalue weighted by atomic mass is 10.4. The van der Waals surface area contributed by atoms with E-state index < -0.39 is 10.0 Å². The van der Waals surface area contributed by atoms with Crippen molar-refractivity contribution in [1.29, 1.82) is 0 Å². The summed E-state index contributed by atoms with van der Waals surface area (Å²) in [6.07, 6.45) is 0.760. The molecule has 98 valence electrons. The molecule has 0 aliphatic carbocycles. The highest BCUT2D eigenvalue weighted by Crippen LogP contribution is 2.18. The van der Waals surface area contributed by atoms with Crippen molar-refractivity contribution in [3.63, 3.8) is 0 Å². The molecule has 0 aliphatic rings. The molecule has 0 bridgehead atoms. The van der Waals surface area contributed by atoms with E-state index in [1.165, 1.54) is 0 Å². The molecule has 0 saturated carbocycles. The van der Waals surface area contributed by atoms with Crippen LogP contribution in [0.3, 0.4) is 0 Å². The van der Waals surface area contributed by atoms with E-state index in [1.54, 1.807) is 13.8 Å². The largest absolute Gasteiger partial charge is 0.360 e. The Morgan fingerprint density at radius 1 is 1.35 bits per heavy atom. The fraction of sp³-hybridized carbons (Fsp3) is 0.700. The van der Waals surface area contributed by atoms with Gasteiger partial charge in [0.15, 0.2) is 5.76 Å². The molecule has 0 amide bonds. The van der Waals surface area contributed by atoms with Crippen LogP contribution in [0.1, 0.15) is 17.9 Å². The molecule has 0 atom stereocenters. The second-order valence-corrected chi connectivity index (χ2v) is 5.91. The monoisotopic (exact) mass is 261 g/mol. The van der Waals surface area contributed by atoms with E-state index in [4.69, 9.17) is 4.52 Å². The van der Waals surface area contributed by atoms with Crippen LogP contribution in [0.5, 0.6) is 0 Å². The van der Waals surface area contributed by atoms with Gasteiger partial charge in [-0.25, -0.2) is 13.1 Å². The minimum absolute atomic E-state index is 0.155. The number of hydrogen-bond acceptors (Lipinski definition) is 5.